The third-order valence-corrected chi connectivity index (χ3v) is 2.49. The predicted octanol–water partition coefficient (Wildman–Crippen LogP) is 2.87. The molecule has 0 saturated heterocycles. The lowest BCUT2D eigenvalue weighted by molar-refractivity contribution is 0.0995. The fraction of sp³-hybridized carbons (Fsp3) is 0. The monoisotopic (exact) mass is 310 g/mol. The summed E-state index contributed by atoms with van der Waals surface area (Å²) < 4.78 is 19.0. The number of primary amides is 1. The van der Waals surface area contributed by atoms with Gasteiger partial charge in [-0.2, -0.15) is 0 Å². The maximum absolute atomic E-state index is 13.1. The minimum Gasteiger partial charge on any atom is -0.439 e. The molecule has 0 aliphatic heterocycles. The van der Waals surface area contributed by atoms with Crippen molar-refractivity contribution < 1.29 is 13.9 Å². The van der Waals surface area contributed by atoms with Gasteiger partial charge in [-0.15, -0.1) is 0 Å². The topological polar surface area (TPSA) is 65.2 Å². The highest BCUT2D eigenvalue weighted by atomic mass is 79.9. The summed E-state index contributed by atoms with van der Waals surface area (Å²) >= 11 is 3.15. The Morgan fingerprint density at radius 3 is 2.78 bits per heavy atom. The second-order valence-corrected chi connectivity index (χ2v) is 4.35. The van der Waals surface area contributed by atoms with Crippen LogP contribution in [0.1, 0.15) is 10.5 Å². The summed E-state index contributed by atoms with van der Waals surface area (Å²) in [5, 5.41) is 0. The summed E-state index contributed by atoms with van der Waals surface area (Å²) in [6.45, 7) is 0. The average molecular weight is 311 g/mol. The van der Waals surface area contributed by atoms with E-state index < -0.39 is 11.7 Å². The highest BCUT2D eigenvalue weighted by molar-refractivity contribution is 9.10. The van der Waals surface area contributed by atoms with Gasteiger partial charge < -0.3 is 10.5 Å². The Labute approximate surface area is 111 Å². The van der Waals surface area contributed by atoms with Gasteiger partial charge >= 0.3 is 0 Å². The predicted molar refractivity (Wildman–Crippen MR) is 66.9 cm³/mol. The third kappa shape index (κ3) is 3.04. The molecule has 2 rings (SSSR count). The van der Waals surface area contributed by atoms with Gasteiger partial charge in [0.25, 0.3) is 5.91 Å². The number of aromatic nitrogens is 1. The normalized spacial score (nSPS) is 10.1. The molecule has 1 aromatic heterocycles. The molecule has 0 atom stereocenters. The van der Waals surface area contributed by atoms with E-state index in [1.807, 2.05) is 0 Å². The van der Waals surface area contributed by atoms with E-state index in [0.717, 1.165) is 0 Å². The molecule has 1 amide bonds. The van der Waals surface area contributed by atoms with Crippen molar-refractivity contribution in [3.8, 4) is 11.6 Å². The molecule has 18 heavy (non-hydrogen) atoms. The van der Waals surface area contributed by atoms with E-state index in [2.05, 4.69) is 20.9 Å². The highest BCUT2D eigenvalue weighted by Gasteiger charge is 2.06. The molecule has 4 nitrogen and oxygen atoms in total. The summed E-state index contributed by atoms with van der Waals surface area (Å²) in [6, 6.07) is 8.70. The fourth-order valence-corrected chi connectivity index (χ4v) is 1.76. The zero-order chi connectivity index (χ0) is 13.1. The maximum atomic E-state index is 13.1. The molecule has 92 valence electrons. The van der Waals surface area contributed by atoms with Crippen LogP contribution in [0, 0.1) is 5.82 Å². The van der Waals surface area contributed by atoms with Crippen molar-refractivity contribution in [2.45, 2.75) is 0 Å². The quantitative estimate of drug-likeness (QED) is 0.948. The first-order chi connectivity index (χ1) is 8.54. The molecule has 0 aliphatic rings. The number of carbonyl (C=O) groups excluding carboxylic acids is 1. The minimum atomic E-state index is -0.652. The first kappa shape index (κ1) is 12.5. The van der Waals surface area contributed by atoms with Crippen molar-refractivity contribution in [3.63, 3.8) is 0 Å². The third-order valence-electron chi connectivity index (χ3n) is 2.03. The van der Waals surface area contributed by atoms with Gasteiger partial charge in [-0.25, -0.2) is 9.37 Å². The van der Waals surface area contributed by atoms with Crippen LogP contribution in [-0.2, 0) is 0 Å². The van der Waals surface area contributed by atoms with Gasteiger partial charge in [0.1, 0.15) is 17.3 Å². The maximum Gasteiger partial charge on any atom is 0.267 e. The molecule has 0 spiro atoms. The van der Waals surface area contributed by atoms with E-state index >= 15 is 0 Å². The molecule has 0 saturated carbocycles. The second kappa shape index (κ2) is 5.14. The van der Waals surface area contributed by atoms with Gasteiger partial charge in [-0.3, -0.25) is 4.79 Å². The second-order valence-electron chi connectivity index (χ2n) is 3.43. The summed E-state index contributed by atoms with van der Waals surface area (Å²) in [7, 11) is 0. The number of pyridine rings is 1. The van der Waals surface area contributed by atoms with E-state index in [0.29, 0.717) is 4.47 Å². The van der Waals surface area contributed by atoms with Crippen molar-refractivity contribution in [1.82, 2.24) is 4.98 Å². The van der Waals surface area contributed by atoms with Gasteiger partial charge in [-0.05, 0) is 18.2 Å². The number of carbonyl (C=O) groups is 1. The highest BCUT2D eigenvalue weighted by Crippen LogP contribution is 2.24. The molecule has 6 heteroatoms. The van der Waals surface area contributed by atoms with Crippen LogP contribution in [0.2, 0.25) is 0 Å². The van der Waals surface area contributed by atoms with E-state index in [4.69, 9.17) is 10.5 Å². The smallest absolute Gasteiger partial charge is 0.267 e. The Kier molecular flexibility index (Phi) is 3.57. The first-order valence-corrected chi connectivity index (χ1v) is 5.75. The molecular weight excluding hydrogens is 303 g/mol. The number of hydrogen-bond donors (Lipinski definition) is 1. The summed E-state index contributed by atoms with van der Waals surface area (Å²) in [6.07, 6.45) is 0. The van der Waals surface area contributed by atoms with Crippen LogP contribution in [-0.4, -0.2) is 10.9 Å². The number of ether oxygens (including phenoxy) is 1. The molecule has 0 aliphatic carbocycles. The number of amides is 1. The van der Waals surface area contributed by atoms with Gasteiger partial charge in [-0.1, -0.05) is 22.0 Å². The molecule has 0 bridgehead atoms. The molecule has 0 radical (unpaired) electrons. The number of rotatable bonds is 3. The Hall–Kier alpha value is -1.95. The lowest BCUT2D eigenvalue weighted by Gasteiger charge is -2.06. The van der Waals surface area contributed by atoms with Crippen LogP contribution in [0.5, 0.6) is 11.6 Å². The minimum absolute atomic E-state index is 0.0861. The zero-order valence-corrected chi connectivity index (χ0v) is 10.6. The summed E-state index contributed by atoms with van der Waals surface area (Å²) in [5.41, 5.74) is 5.19. The average Bonchev–Trinajstić information content (AvgIpc) is 2.27. The van der Waals surface area contributed by atoms with Crippen LogP contribution in [0.25, 0.3) is 0 Å². The van der Waals surface area contributed by atoms with Gasteiger partial charge in [0.15, 0.2) is 0 Å². The molecule has 2 N–H and O–H groups in total. The van der Waals surface area contributed by atoms with Crippen LogP contribution in [0.3, 0.4) is 0 Å². The molecular formula is C12H8BrFN2O2. The number of benzene rings is 1. The Bertz CT molecular complexity index is 584. The molecule has 0 fully saturated rings. The van der Waals surface area contributed by atoms with Crippen LogP contribution >= 0.6 is 15.9 Å². The largest absolute Gasteiger partial charge is 0.439 e. The molecule has 2 aromatic rings. The van der Waals surface area contributed by atoms with Crippen LogP contribution in [0.4, 0.5) is 4.39 Å². The standard InChI is InChI=1S/C12H8BrFN2O2/c13-7-4-8(14)6-9(5-7)18-11-3-1-2-10(16-11)12(15)17/h1-6H,(H2,15,17). The van der Waals surface area contributed by atoms with Crippen molar-refractivity contribution in [1.29, 1.82) is 0 Å². The van der Waals surface area contributed by atoms with Gasteiger partial charge in [0.05, 0.1) is 0 Å². The molecule has 0 unspecified atom stereocenters. The van der Waals surface area contributed by atoms with Crippen LogP contribution in [0.15, 0.2) is 40.9 Å². The van der Waals surface area contributed by atoms with Crippen LogP contribution < -0.4 is 10.5 Å². The molecule has 1 aromatic carbocycles. The molecule has 1 heterocycles. The Balaban J connectivity index is 2.28. The van der Waals surface area contributed by atoms with Crippen molar-refractivity contribution >= 4 is 21.8 Å². The number of halogens is 2. The van der Waals surface area contributed by atoms with E-state index in [1.165, 1.54) is 18.2 Å². The fourth-order valence-electron chi connectivity index (χ4n) is 1.32. The number of nitrogens with two attached hydrogens (primary N) is 1. The van der Waals surface area contributed by atoms with E-state index in [1.54, 1.807) is 18.2 Å². The summed E-state index contributed by atoms with van der Waals surface area (Å²) in [4.78, 5) is 14.8. The van der Waals surface area contributed by atoms with Gasteiger partial charge in [0.2, 0.25) is 5.88 Å². The number of hydrogen-bond acceptors (Lipinski definition) is 3. The lowest BCUT2D eigenvalue weighted by atomic mass is 10.3. The van der Waals surface area contributed by atoms with Crippen molar-refractivity contribution in [2.75, 3.05) is 0 Å². The Morgan fingerprint density at radius 1 is 1.33 bits per heavy atom. The van der Waals surface area contributed by atoms with Gasteiger partial charge in [0, 0.05) is 16.6 Å². The van der Waals surface area contributed by atoms with Crippen molar-refractivity contribution in [3.05, 3.63) is 52.4 Å². The van der Waals surface area contributed by atoms with E-state index in [9.17, 15) is 9.18 Å². The van der Waals surface area contributed by atoms with Crippen molar-refractivity contribution in [2.24, 2.45) is 5.73 Å². The van der Waals surface area contributed by atoms with E-state index in [-0.39, 0.29) is 17.3 Å². The Morgan fingerprint density at radius 2 is 2.11 bits per heavy atom. The lowest BCUT2D eigenvalue weighted by Crippen LogP contribution is -2.12. The zero-order valence-electron chi connectivity index (χ0n) is 9.06. The first-order valence-electron chi connectivity index (χ1n) is 4.95. The number of nitrogens with zero attached hydrogens (tertiary/aromatic N) is 1. The summed E-state index contributed by atoms with van der Waals surface area (Å²) in [5.74, 6) is -0.647. The SMILES string of the molecule is NC(=O)c1cccc(Oc2cc(F)cc(Br)c2)n1.